The van der Waals surface area contributed by atoms with Crippen molar-refractivity contribution >= 4 is 23.5 Å². The van der Waals surface area contributed by atoms with Crippen LogP contribution in [0.1, 0.15) is 32.6 Å². The molecule has 2 aliphatic rings. The second-order valence-electron chi connectivity index (χ2n) is 7.75. The van der Waals surface area contributed by atoms with E-state index in [4.69, 9.17) is 21.1 Å². The molecule has 156 valence electrons. The summed E-state index contributed by atoms with van der Waals surface area (Å²) < 4.78 is 25.1. The quantitative estimate of drug-likeness (QED) is 0.490. The first-order valence-electron chi connectivity index (χ1n) is 9.94. The van der Waals surface area contributed by atoms with Gasteiger partial charge in [0.1, 0.15) is 24.0 Å². The van der Waals surface area contributed by atoms with E-state index in [1.807, 2.05) is 25.1 Å². The van der Waals surface area contributed by atoms with Crippen LogP contribution in [0.3, 0.4) is 0 Å². The maximum Gasteiger partial charge on any atom is 0.231 e. The number of Topliss-reactive ketones (excluding diaryl/α,β-unsaturated/α-hetero) is 1. The SMILES string of the molecule is Cc1c2c(cc3c1O/C(=C\c1cccc(Cl)c1)C3=O)CN(Cc1ccc(F)cc1)CO2. The molecule has 0 amide bonds. The Hall–Kier alpha value is -3.15. The van der Waals surface area contributed by atoms with Gasteiger partial charge in [-0.1, -0.05) is 35.9 Å². The van der Waals surface area contributed by atoms with Gasteiger partial charge in [0.2, 0.25) is 5.78 Å². The number of ether oxygens (including phenoxy) is 2. The van der Waals surface area contributed by atoms with Gasteiger partial charge in [0, 0.05) is 29.2 Å². The Balaban J connectivity index is 1.42. The molecule has 3 aromatic rings. The molecule has 2 aliphatic heterocycles. The van der Waals surface area contributed by atoms with Gasteiger partial charge in [-0.05, 0) is 54.5 Å². The van der Waals surface area contributed by atoms with Crippen LogP contribution in [0.25, 0.3) is 6.08 Å². The predicted molar refractivity (Wildman–Crippen MR) is 117 cm³/mol. The summed E-state index contributed by atoms with van der Waals surface area (Å²) in [5.74, 6) is 1.16. The van der Waals surface area contributed by atoms with Gasteiger partial charge in [0.05, 0.1) is 5.56 Å². The molecular weight excluding hydrogens is 417 g/mol. The number of hydrogen-bond acceptors (Lipinski definition) is 4. The van der Waals surface area contributed by atoms with Crippen molar-refractivity contribution in [3.63, 3.8) is 0 Å². The molecule has 0 saturated carbocycles. The lowest BCUT2D eigenvalue weighted by atomic mass is 10.00. The van der Waals surface area contributed by atoms with Gasteiger partial charge in [-0.15, -0.1) is 0 Å². The van der Waals surface area contributed by atoms with Crippen molar-refractivity contribution < 1.29 is 18.7 Å². The number of hydrogen-bond donors (Lipinski definition) is 0. The van der Waals surface area contributed by atoms with Gasteiger partial charge in [0.15, 0.2) is 5.76 Å². The smallest absolute Gasteiger partial charge is 0.231 e. The Morgan fingerprint density at radius 1 is 1.13 bits per heavy atom. The van der Waals surface area contributed by atoms with Gasteiger partial charge < -0.3 is 9.47 Å². The third-order valence-corrected chi connectivity index (χ3v) is 5.70. The Kier molecular flexibility index (Phi) is 5.00. The van der Waals surface area contributed by atoms with E-state index in [0.29, 0.717) is 36.2 Å². The highest BCUT2D eigenvalue weighted by molar-refractivity contribution is 6.30. The number of carbonyl (C=O) groups is 1. The lowest BCUT2D eigenvalue weighted by Gasteiger charge is -2.30. The number of benzene rings is 3. The average Bonchev–Trinajstić information content (AvgIpc) is 3.06. The van der Waals surface area contributed by atoms with Crippen molar-refractivity contribution in [3.8, 4) is 11.5 Å². The first-order valence-corrected chi connectivity index (χ1v) is 10.3. The molecule has 0 aromatic heterocycles. The fourth-order valence-electron chi connectivity index (χ4n) is 3.99. The van der Waals surface area contributed by atoms with Crippen LogP contribution in [0, 0.1) is 12.7 Å². The summed E-state index contributed by atoms with van der Waals surface area (Å²) in [6.45, 7) is 3.56. The van der Waals surface area contributed by atoms with Crippen LogP contribution < -0.4 is 9.47 Å². The normalized spacial score (nSPS) is 16.6. The number of fused-ring (bicyclic) bond motifs is 2. The van der Waals surface area contributed by atoms with Gasteiger partial charge in [-0.3, -0.25) is 9.69 Å². The summed E-state index contributed by atoms with van der Waals surface area (Å²) in [5.41, 5.74) is 4.09. The van der Waals surface area contributed by atoms with E-state index in [9.17, 15) is 9.18 Å². The summed E-state index contributed by atoms with van der Waals surface area (Å²) in [6.07, 6.45) is 1.70. The molecule has 0 fully saturated rings. The Morgan fingerprint density at radius 2 is 1.94 bits per heavy atom. The summed E-state index contributed by atoms with van der Waals surface area (Å²) >= 11 is 6.05. The van der Waals surface area contributed by atoms with Crippen molar-refractivity contribution in [2.45, 2.75) is 20.0 Å². The van der Waals surface area contributed by atoms with E-state index in [-0.39, 0.29) is 17.4 Å². The summed E-state index contributed by atoms with van der Waals surface area (Å²) in [6, 6.07) is 15.6. The van der Waals surface area contributed by atoms with E-state index in [1.54, 1.807) is 30.3 Å². The molecule has 0 saturated heterocycles. The minimum absolute atomic E-state index is 0.156. The zero-order valence-corrected chi connectivity index (χ0v) is 17.6. The number of rotatable bonds is 3. The van der Waals surface area contributed by atoms with Gasteiger partial charge in [0.25, 0.3) is 0 Å². The van der Waals surface area contributed by atoms with Crippen LogP contribution in [0.15, 0.2) is 60.4 Å². The number of carbonyl (C=O) groups excluding carboxylic acids is 1. The molecule has 0 spiro atoms. The molecule has 0 unspecified atom stereocenters. The Bertz CT molecular complexity index is 1220. The van der Waals surface area contributed by atoms with E-state index in [1.165, 1.54) is 12.1 Å². The third-order valence-electron chi connectivity index (χ3n) is 5.47. The van der Waals surface area contributed by atoms with Crippen molar-refractivity contribution in [1.29, 1.82) is 0 Å². The zero-order chi connectivity index (χ0) is 21.5. The van der Waals surface area contributed by atoms with E-state index >= 15 is 0 Å². The third kappa shape index (κ3) is 3.82. The molecule has 2 heterocycles. The van der Waals surface area contributed by atoms with Gasteiger partial charge in [-0.25, -0.2) is 4.39 Å². The Morgan fingerprint density at radius 3 is 2.71 bits per heavy atom. The van der Waals surface area contributed by atoms with Crippen LogP contribution in [-0.2, 0) is 13.1 Å². The van der Waals surface area contributed by atoms with Crippen LogP contribution in [0.5, 0.6) is 11.5 Å². The fourth-order valence-corrected chi connectivity index (χ4v) is 4.19. The number of nitrogens with zero attached hydrogens (tertiary/aromatic N) is 1. The lowest BCUT2D eigenvalue weighted by molar-refractivity contribution is 0.0876. The monoisotopic (exact) mass is 435 g/mol. The van der Waals surface area contributed by atoms with E-state index in [0.717, 1.165) is 28.0 Å². The molecule has 0 N–H and O–H groups in total. The molecule has 5 rings (SSSR count). The van der Waals surface area contributed by atoms with Crippen molar-refractivity contribution in [2.75, 3.05) is 6.73 Å². The summed E-state index contributed by atoms with van der Waals surface area (Å²) in [4.78, 5) is 15.1. The Labute approximate surface area is 184 Å². The molecule has 6 heteroatoms. The van der Waals surface area contributed by atoms with Crippen LogP contribution in [0.4, 0.5) is 4.39 Å². The number of halogens is 2. The maximum absolute atomic E-state index is 13.2. The highest BCUT2D eigenvalue weighted by Gasteiger charge is 2.33. The van der Waals surface area contributed by atoms with Crippen LogP contribution >= 0.6 is 11.6 Å². The minimum Gasteiger partial charge on any atom is -0.477 e. The highest BCUT2D eigenvalue weighted by atomic mass is 35.5. The molecule has 0 atom stereocenters. The van der Waals surface area contributed by atoms with Crippen LogP contribution in [0.2, 0.25) is 5.02 Å². The minimum atomic E-state index is -0.254. The van der Waals surface area contributed by atoms with Crippen molar-refractivity contribution in [1.82, 2.24) is 4.90 Å². The largest absolute Gasteiger partial charge is 0.477 e. The topological polar surface area (TPSA) is 38.8 Å². The molecule has 0 radical (unpaired) electrons. The predicted octanol–water partition coefficient (Wildman–Crippen LogP) is 5.76. The number of ketones is 1. The van der Waals surface area contributed by atoms with Gasteiger partial charge >= 0.3 is 0 Å². The zero-order valence-electron chi connectivity index (χ0n) is 16.8. The van der Waals surface area contributed by atoms with E-state index < -0.39 is 0 Å². The molecule has 31 heavy (non-hydrogen) atoms. The lowest BCUT2D eigenvalue weighted by Crippen LogP contribution is -2.32. The number of allylic oxidation sites excluding steroid dienone is 1. The standard InChI is InChI=1S/C25H19ClFNO3/c1-15-24-18(13-28(14-30-24)12-16-5-7-20(27)8-6-16)11-21-23(29)22(31-25(15)21)10-17-3-2-4-19(26)9-17/h2-11H,12-14H2,1H3/b22-10-. The summed E-state index contributed by atoms with van der Waals surface area (Å²) in [7, 11) is 0. The second kappa shape index (κ2) is 7.84. The van der Waals surface area contributed by atoms with Crippen molar-refractivity contribution in [3.05, 3.63) is 99.0 Å². The fraction of sp³-hybridized carbons (Fsp3) is 0.160. The summed E-state index contributed by atoms with van der Waals surface area (Å²) in [5, 5.41) is 0.596. The first-order chi connectivity index (χ1) is 15.0. The maximum atomic E-state index is 13.2. The highest BCUT2D eigenvalue weighted by Crippen LogP contribution is 2.43. The molecule has 0 aliphatic carbocycles. The second-order valence-corrected chi connectivity index (χ2v) is 8.18. The molecule has 0 bridgehead atoms. The molecule has 3 aromatic carbocycles. The molecular formula is C25H19ClFNO3. The van der Waals surface area contributed by atoms with E-state index in [2.05, 4.69) is 4.90 Å². The molecule has 4 nitrogen and oxygen atoms in total. The van der Waals surface area contributed by atoms with Crippen molar-refractivity contribution in [2.24, 2.45) is 0 Å². The van der Waals surface area contributed by atoms with Gasteiger partial charge in [-0.2, -0.15) is 0 Å². The van der Waals surface area contributed by atoms with Crippen LogP contribution in [-0.4, -0.2) is 17.4 Å². The average molecular weight is 436 g/mol. The first kappa shape index (κ1) is 19.8.